The summed E-state index contributed by atoms with van der Waals surface area (Å²) in [5.41, 5.74) is 5.59. The molecule has 2 N–H and O–H groups in total. The van der Waals surface area contributed by atoms with E-state index in [0.717, 1.165) is 12.8 Å². The Bertz CT molecular complexity index is 467. The minimum absolute atomic E-state index is 0. The van der Waals surface area contributed by atoms with E-state index in [0.29, 0.717) is 25.1 Å². The van der Waals surface area contributed by atoms with Gasteiger partial charge in [-0.1, -0.05) is 25.7 Å². The van der Waals surface area contributed by atoms with Crippen molar-refractivity contribution in [3.8, 4) is 0 Å². The monoisotopic (exact) mass is 480 g/mol. The highest BCUT2D eigenvalue weighted by Gasteiger charge is 2.29. The van der Waals surface area contributed by atoms with E-state index in [1.54, 1.807) is 0 Å². The molecule has 26 heavy (non-hydrogen) atoms. The average Bonchev–Trinajstić information content (AvgIpc) is 3.35. The first-order valence-corrected chi connectivity index (χ1v) is 9.80. The quantitative estimate of drug-likeness (QED) is 0.280. The topological polar surface area (TPSA) is 71.2 Å². The molecule has 2 rings (SSSR count). The molecule has 2 fully saturated rings. The Morgan fingerprint density at radius 3 is 2.15 bits per heavy atom. The van der Waals surface area contributed by atoms with Crippen LogP contribution in [-0.4, -0.2) is 59.7 Å². The van der Waals surface area contributed by atoms with Crippen molar-refractivity contribution in [1.29, 1.82) is 0 Å². The van der Waals surface area contributed by atoms with Gasteiger partial charge in [0.25, 0.3) is 0 Å². The lowest BCUT2D eigenvalue weighted by Crippen LogP contribution is -2.45. The van der Waals surface area contributed by atoms with Crippen LogP contribution < -0.4 is 5.73 Å². The van der Waals surface area contributed by atoms with Gasteiger partial charge in [0.2, 0.25) is 0 Å². The summed E-state index contributed by atoms with van der Waals surface area (Å²) >= 11 is 0. The zero-order valence-corrected chi connectivity index (χ0v) is 19.2. The summed E-state index contributed by atoms with van der Waals surface area (Å²) in [6, 6.07) is 0.808. The fourth-order valence-electron chi connectivity index (χ4n) is 3.35. The number of carbonyl (C=O) groups excluding carboxylic acids is 1. The lowest BCUT2D eigenvalue weighted by atomic mass is 10.1. The Balaban J connectivity index is 0.00000338. The fourth-order valence-corrected chi connectivity index (χ4v) is 3.35. The molecule has 0 aliphatic heterocycles. The summed E-state index contributed by atoms with van der Waals surface area (Å²) < 4.78 is 5.64. The largest absolute Gasteiger partial charge is 0.444 e. The maximum absolute atomic E-state index is 12.7. The minimum Gasteiger partial charge on any atom is -0.444 e. The van der Waals surface area contributed by atoms with E-state index < -0.39 is 5.60 Å². The summed E-state index contributed by atoms with van der Waals surface area (Å²) in [5, 5.41) is 0. The smallest absolute Gasteiger partial charge is 0.410 e. The van der Waals surface area contributed by atoms with E-state index in [9.17, 15) is 4.79 Å². The number of carbonyl (C=O) groups is 1. The van der Waals surface area contributed by atoms with E-state index in [1.807, 2.05) is 37.6 Å². The third-order valence-electron chi connectivity index (χ3n) is 4.96. The third-order valence-corrected chi connectivity index (χ3v) is 4.96. The van der Waals surface area contributed by atoms with Gasteiger partial charge in [-0.05, 0) is 46.5 Å². The Hall–Kier alpha value is -0.730. The summed E-state index contributed by atoms with van der Waals surface area (Å²) in [6.07, 6.45) is 9.16. The van der Waals surface area contributed by atoms with Crippen LogP contribution >= 0.6 is 24.0 Å². The maximum Gasteiger partial charge on any atom is 0.410 e. The molecule has 0 aromatic heterocycles. The Morgan fingerprint density at radius 1 is 1.08 bits per heavy atom. The molecule has 2 aliphatic carbocycles. The van der Waals surface area contributed by atoms with Crippen LogP contribution in [0.2, 0.25) is 0 Å². The van der Waals surface area contributed by atoms with Crippen LogP contribution in [0.25, 0.3) is 0 Å². The van der Waals surface area contributed by atoms with E-state index in [4.69, 9.17) is 10.5 Å². The van der Waals surface area contributed by atoms with Crippen LogP contribution in [0.15, 0.2) is 4.99 Å². The van der Waals surface area contributed by atoms with Crippen molar-refractivity contribution in [2.45, 2.75) is 89.8 Å². The number of amides is 1. The molecular weight excluding hydrogens is 443 g/mol. The highest BCUT2D eigenvalue weighted by atomic mass is 127. The van der Waals surface area contributed by atoms with Crippen LogP contribution in [0, 0.1) is 0 Å². The number of guanidine groups is 1. The molecule has 0 aromatic carbocycles. The molecule has 0 heterocycles. The van der Waals surface area contributed by atoms with Crippen LogP contribution in [0.5, 0.6) is 0 Å². The molecule has 0 bridgehead atoms. The maximum atomic E-state index is 12.7. The van der Waals surface area contributed by atoms with Gasteiger partial charge < -0.3 is 20.3 Å². The highest BCUT2D eigenvalue weighted by Crippen LogP contribution is 2.25. The molecule has 7 heteroatoms. The number of hydrogen-bond acceptors (Lipinski definition) is 3. The number of rotatable bonds is 5. The number of nitrogens with two attached hydrogens (primary N) is 1. The first kappa shape index (κ1) is 23.3. The molecule has 0 atom stereocenters. The van der Waals surface area contributed by atoms with E-state index >= 15 is 0 Å². The van der Waals surface area contributed by atoms with Crippen molar-refractivity contribution in [2.75, 3.05) is 20.1 Å². The molecule has 1 amide bonds. The summed E-state index contributed by atoms with van der Waals surface area (Å²) in [7, 11) is 1.99. The average molecular weight is 480 g/mol. The molecule has 0 unspecified atom stereocenters. The molecule has 6 nitrogen and oxygen atoms in total. The molecule has 152 valence electrons. The van der Waals surface area contributed by atoms with Crippen LogP contribution in [-0.2, 0) is 4.74 Å². The lowest BCUT2D eigenvalue weighted by molar-refractivity contribution is 0.0152. The standard InChI is InChI=1S/C19H36N4O2.HI/c1-19(2,3)25-18(24)23(16-9-7-5-6-8-10-16)14-13-21-17(20)22(4)15-11-12-15;/h15-16H,5-14H2,1-4H3,(H2,20,21);1H. The third kappa shape index (κ3) is 7.88. The summed E-state index contributed by atoms with van der Waals surface area (Å²) in [6.45, 7) is 6.84. The predicted molar refractivity (Wildman–Crippen MR) is 117 cm³/mol. The molecule has 0 radical (unpaired) electrons. The van der Waals surface area contributed by atoms with Crippen molar-refractivity contribution in [2.24, 2.45) is 10.7 Å². The second-order valence-electron chi connectivity index (χ2n) is 8.40. The molecule has 0 aromatic rings. The zero-order valence-electron chi connectivity index (χ0n) is 16.9. The van der Waals surface area contributed by atoms with Crippen LogP contribution in [0.3, 0.4) is 0 Å². The first-order chi connectivity index (χ1) is 11.8. The Kier molecular flexibility index (Phi) is 9.47. The van der Waals surface area contributed by atoms with E-state index in [1.165, 1.54) is 38.5 Å². The first-order valence-electron chi connectivity index (χ1n) is 9.80. The summed E-state index contributed by atoms with van der Waals surface area (Å²) in [4.78, 5) is 21.1. The van der Waals surface area contributed by atoms with Crippen molar-refractivity contribution in [3.63, 3.8) is 0 Å². The second-order valence-corrected chi connectivity index (χ2v) is 8.40. The van der Waals surface area contributed by atoms with Gasteiger partial charge in [0.15, 0.2) is 5.96 Å². The van der Waals surface area contributed by atoms with Crippen LogP contribution in [0.4, 0.5) is 4.79 Å². The summed E-state index contributed by atoms with van der Waals surface area (Å²) in [5.74, 6) is 0.576. The predicted octanol–water partition coefficient (Wildman–Crippen LogP) is 3.97. The normalized spacial score (nSPS) is 19.3. The van der Waals surface area contributed by atoms with E-state index in [-0.39, 0.29) is 36.1 Å². The van der Waals surface area contributed by atoms with Gasteiger partial charge >= 0.3 is 6.09 Å². The van der Waals surface area contributed by atoms with Crippen molar-refractivity contribution >= 4 is 36.0 Å². The lowest BCUT2D eigenvalue weighted by Gasteiger charge is -2.33. The van der Waals surface area contributed by atoms with Gasteiger partial charge in [0.1, 0.15) is 5.60 Å². The minimum atomic E-state index is -0.478. The van der Waals surface area contributed by atoms with Gasteiger partial charge in [-0.3, -0.25) is 4.99 Å². The van der Waals surface area contributed by atoms with Crippen LogP contribution in [0.1, 0.15) is 72.1 Å². The number of hydrogen-bond donors (Lipinski definition) is 1. The Labute approximate surface area is 175 Å². The fraction of sp³-hybridized carbons (Fsp3) is 0.895. The van der Waals surface area contributed by atoms with Gasteiger partial charge in [-0.2, -0.15) is 0 Å². The Morgan fingerprint density at radius 2 is 1.65 bits per heavy atom. The number of halogens is 1. The number of aliphatic imine (C=N–C) groups is 1. The molecule has 2 aliphatic rings. The van der Waals surface area contributed by atoms with Gasteiger partial charge in [0, 0.05) is 25.7 Å². The molecule has 0 spiro atoms. The van der Waals surface area contributed by atoms with Gasteiger partial charge in [-0.25, -0.2) is 4.79 Å². The highest BCUT2D eigenvalue weighted by molar-refractivity contribution is 14.0. The SMILES string of the molecule is CN(C(N)=NCCN(C(=O)OC(C)(C)C)C1CCCCCC1)C1CC1.I. The van der Waals surface area contributed by atoms with Crippen molar-refractivity contribution in [1.82, 2.24) is 9.80 Å². The molecule has 0 saturated heterocycles. The number of ether oxygens (including phenoxy) is 1. The number of nitrogens with zero attached hydrogens (tertiary/aromatic N) is 3. The second kappa shape index (κ2) is 10.6. The van der Waals surface area contributed by atoms with Crippen molar-refractivity contribution in [3.05, 3.63) is 0 Å². The van der Waals surface area contributed by atoms with Gasteiger partial charge in [-0.15, -0.1) is 24.0 Å². The van der Waals surface area contributed by atoms with E-state index in [2.05, 4.69) is 4.99 Å². The zero-order chi connectivity index (χ0) is 18.4. The molecule has 2 saturated carbocycles. The van der Waals surface area contributed by atoms with Crippen molar-refractivity contribution < 1.29 is 9.53 Å². The van der Waals surface area contributed by atoms with Gasteiger partial charge in [0.05, 0.1) is 6.54 Å². The molecular formula is C19H37IN4O2.